The molecule has 4 heteroatoms. The molecule has 0 rings (SSSR count). The number of nitrogens with zero attached hydrogens (tertiary/aromatic N) is 3. The van der Waals surface area contributed by atoms with E-state index in [-0.39, 0.29) is 5.91 Å². The van der Waals surface area contributed by atoms with Gasteiger partial charge in [-0.3, -0.25) is 9.79 Å². The first-order chi connectivity index (χ1) is 5.57. The van der Waals surface area contributed by atoms with Crippen molar-refractivity contribution in [2.24, 2.45) is 4.99 Å². The summed E-state index contributed by atoms with van der Waals surface area (Å²) in [6.07, 6.45) is 1.68. The molecule has 0 N–H and O–H groups in total. The fourth-order valence-electron chi connectivity index (χ4n) is 0.617. The summed E-state index contributed by atoms with van der Waals surface area (Å²) in [5.74, 6) is 0.0834. The Hall–Kier alpha value is -1.06. The Labute approximate surface area is 73.9 Å². The summed E-state index contributed by atoms with van der Waals surface area (Å²) in [6, 6.07) is 0. The molecule has 1 amide bonds. The number of amides is 1. The molecule has 70 valence electrons. The van der Waals surface area contributed by atoms with Crippen LogP contribution in [0.4, 0.5) is 0 Å². The van der Waals surface area contributed by atoms with Crippen molar-refractivity contribution in [1.82, 2.24) is 9.80 Å². The molecule has 0 aromatic carbocycles. The van der Waals surface area contributed by atoms with Gasteiger partial charge in [0, 0.05) is 27.7 Å². The van der Waals surface area contributed by atoms with Gasteiger partial charge in [-0.2, -0.15) is 0 Å². The zero-order valence-corrected chi connectivity index (χ0v) is 8.24. The van der Waals surface area contributed by atoms with Crippen LogP contribution in [-0.2, 0) is 4.79 Å². The van der Waals surface area contributed by atoms with Crippen molar-refractivity contribution in [3.05, 3.63) is 0 Å². The first-order valence-electron chi connectivity index (χ1n) is 3.98. The van der Waals surface area contributed by atoms with E-state index in [9.17, 15) is 4.79 Å². The number of aliphatic imine (C=N–C) groups is 1. The van der Waals surface area contributed by atoms with Gasteiger partial charge in [0.1, 0.15) is 0 Å². The third kappa shape index (κ3) is 4.71. The van der Waals surface area contributed by atoms with Gasteiger partial charge in [-0.1, -0.05) is 0 Å². The van der Waals surface area contributed by atoms with Gasteiger partial charge in [-0.15, -0.1) is 0 Å². The summed E-state index contributed by atoms with van der Waals surface area (Å²) in [5, 5.41) is 0. The molecule has 0 aliphatic rings. The van der Waals surface area contributed by atoms with Gasteiger partial charge in [0.2, 0.25) is 5.91 Å². The van der Waals surface area contributed by atoms with Crippen molar-refractivity contribution in [2.75, 3.05) is 34.2 Å². The normalized spacial score (nSPS) is 10.3. The van der Waals surface area contributed by atoms with E-state index in [0.29, 0.717) is 6.54 Å². The van der Waals surface area contributed by atoms with Crippen LogP contribution in [0.25, 0.3) is 0 Å². The van der Waals surface area contributed by atoms with Crippen LogP contribution in [0.5, 0.6) is 0 Å². The molecule has 12 heavy (non-hydrogen) atoms. The fourth-order valence-corrected chi connectivity index (χ4v) is 0.617. The first kappa shape index (κ1) is 10.9. The molecule has 4 nitrogen and oxygen atoms in total. The molecule has 0 fully saturated rings. The van der Waals surface area contributed by atoms with Gasteiger partial charge in [0.15, 0.2) is 0 Å². The Bertz CT molecular complexity index is 166. The zero-order chi connectivity index (χ0) is 9.56. The summed E-state index contributed by atoms with van der Waals surface area (Å²) in [4.78, 5) is 18.5. The molecule has 0 saturated heterocycles. The fraction of sp³-hybridized carbons (Fsp3) is 0.750. The lowest BCUT2D eigenvalue weighted by Gasteiger charge is -2.15. The largest absolute Gasteiger partial charge is 0.357 e. The number of hydrogen-bond donors (Lipinski definition) is 0. The van der Waals surface area contributed by atoms with Gasteiger partial charge in [0.05, 0.1) is 12.9 Å². The molecule has 0 aromatic rings. The minimum atomic E-state index is 0.0834. The smallest absolute Gasteiger partial charge is 0.241 e. The van der Waals surface area contributed by atoms with E-state index in [1.165, 1.54) is 0 Å². The average Bonchev–Trinajstić information content (AvgIpc) is 2.00. The maximum Gasteiger partial charge on any atom is 0.241 e. The Morgan fingerprint density at radius 1 is 1.42 bits per heavy atom. The van der Waals surface area contributed by atoms with Crippen molar-refractivity contribution >= 4 is 12.2 Å². The maximum atomic E-state index is 11.1. The predicted molar refractivity (Wildman–Crippen MR) is 50.4 cm³/mol. The van der Waals surface area contributed by atoms with Crippen LogP contribution in [0.2, 0.25) is 0 Å². The molecule has 0 heterocycles. The van der Waals surface area contributed by atoms with Gasteiger partial charge in [-0.05, 0) is 6.92 Å². The first-order valence-corrected chi connectivity index (χ1v) is 3.98. The van der Waals surface area contributed by atoms with Crippen molar-refractivity contribution in [1.29, 1.82) is 0 Å². The highest BCUT2D eigenvalue weighted by molar-refractivity contribution is 5.79. The molecule has 0 saturated carbocycles. The molecule has 0 unspecified atom stereocenters. The number of hydrogen-bond acceptors (Lipinski definition) is 2. The maximum absolute atomic E-state index is 11.1. The molecular weight excluding hydrogens is 154 g/mol. The summed E-state index contributed by atoms with van der Waals surface area (Å²) < 4.78 is 0. The second-order valence-electron chi connectivity index (χ2n) is 2.82. The Balaban J connectivity index is 3.76. The SMILES string of the molecule is CC/N=C\N(C)CC(=O)N(C)C. The van der Waals surface area contributed by atoms with Crippen molar-refractivity contribution < 1.29 is 4.79 Å². The van der Waals surface area contributed by atoms with E-state index in [2.05, 4.69) is 4.99 Å². The quantitative estimate of drug-likeness (QED) is 0.443. The molecule has 0 aliphatic carbocycles. The van der Waals surface area contributed by atoms with E-state index in [4.69, 9.17) is 0 Å². The minimum absolute atomic E-state index is 0.0834. The van der Waals surface area contributed by atoms with Gasteiger partial charge in [-0.25, -0.2) is 0 Å². The second kappa shape index (κ2) is 5.57. The molecule has 0 aromatic heterocycles. The van der Waals surface area contributed by atoms with Crippen LogP contribution in [-0.4, -0.2) is 56.3 Å². The minimum Gasteiger partial charge on any atom is -0.357 e. The highest BCUT2D eigenvalue weighted by atomic mass is 16.2. The highest BCUT2D eigenvalue weighted by Crippen LogP contribution is 1.83. The standard InChI is InChI=1S/C8H17N3O/c1-5-9-7-11(4)6-8(12)10(2)3/h7H,5-6H2,1-4H3/b9-7-. The number of rotatable bonds is 4. The lowest BCUT2D eigenvalue weighted by atomic mass is 10.5. The van der Waals surface area contributed by atoms with Crippen LogP contribution in [0.3, 0.4) is 0 Å². The molecule has 0 aliphatic heterocycles. The molecular formula is C8H17N3O. The second-order valence-corrected chi connectivity index (χ2v) is 2.82. The van der Waals surface area contributed by atoms with E-state index in [0.717, 1.165) is 6.54 Å². The molecule has 0 radical (unpaired) electrons. The van der Waals surface area contributed by atoms with Gasteiger partial charge < -0.3 is 9.80 Å². The zero-order valence-electron chi connectivity index (χ0n) is 8.24. The Morgan fingerprint density at radius 2 is 2.00 bits per heavy atom. The van der Waals surface area contributed by atoms with Crippen molar-refractivity contribution in [3.63, 3.8) is 0 Å². The van der Waals surface area contributed by atoms with Crippen molar-refractivity contribution in [3.8, 4) is 0 Å². The molecule has 0 bridgehead atoms. The van der Waals surface area contributed by atoms with E-state index in [1.807, 2.05) is 14.0 Å². The monoisotopic (exact) mass is 171 g/mol. The van der Waals surface area contributed by atoms with Crippen LogP contribution in [0.15, 0.2) is 4.99 Å². The van der Waals surface area contributed by atoms with Gasteiger partial charge >= 0.3 is 0 Å². The average molecular weight is 171 g/mol. The number of carbonyl (C=O) groups is 1. The third-order valence-corrected chi connectivity index (χ3v) is 1.34. The van der Waals surface area contributed by atoms with E-state index < -0.39 is 0 Å². The number of carbonyl (C=O) groups excluding carboxylic acids is 1. The third-order valence-electron chi connectivity index (χ3n) is 1.34. The van der Waals surface area contributed by atoms with Crippen molar-refractivity contribution in [2.45, 2.75) is 6.92 Å². The highest BCUT2D eigenvalue weighted by Gasteiger charge is 2.04. The topological polar surface area (TPSA) is 35.9 Å². The summed E-state index contributed by atoms with van der Waals surface area (Å²) in [7, 11) is 5.32. The molecule has 0 atom stereocenters. The summed E-state index contributed by atoms with van der Waals surface area (Å²) in [5.41, 5.74) is 0. The van der Waals surface area contributed by atoms with E-state index >= 15 is 0 Å². The van der Waals surface area contributed by atoms with E-state index in [1.54, 1.807) is 30.2 Å². The Kier molecular flexibility index (Phi) is 5.08. The van der Waals surface area contributed by atoms with Crippen LogP contribution in [0, 0.1) is 0 Å². The lowest BCUT2D eigenvalue weighted by molar-refractivity contribution is -0.128. The lowest BCUT2D eigenvalue weighted by Crippen LogP contribution is -2.33. The summed E-state index contributed by atoms with van der Waals surface area (Å²) in [6.45, 7) is 3.09. The van der Waals surface area contributed by atoms with Crippen LogP contribution >= 0.6 is 0 Å². The molecule has 0 spiro atoms. The predicted octanol–water partition coefficient (Wildman–Crippen LogP) is 0.0546. The number of likely N-dealkylation sites (N-methyl/N-ethyl adjacent to an activating group) is 2. The summed E-state index contributed by atoms with van der Waals surface area (Å²) >= 11 is 0. The Morgan fingerprint density at radius 3 is 2.42 bits per heavy atom. The van der Waals surface area contributed by atoms with Crippen LogP contribution < -0.4 is 0 Å². The van der Waals surface area contributed by atoms with Gasteiger partial charge in [0.25, 0.3) is 0 Å². The van der Waals surface area contributed by atoms with Crippen LogP contribution in [0.1, 0.15) is 6.92 Å².